The Labute approximate surface area is 134 Å². The number of allylic oxidation sites excluding steroid dienone is 2. The van der Waals surface area contributed by atoms with Crippen LogP contribution in [0.2, 0.25) is 25.7 Å². The van der Waals surface area contributed by atoms with Gasteiger partial charge in [0.1, 0.15) is 0 Å². The highest BCUT2D eigenvalue weighted by Crippen LogP contribution is 2.46. The van der Waals surface area contributed by atoms with Crippen molar-refractivity contribution in [2.24, 2.45) is 0 Å². The minimum absolute atomic E-state index is 0.103. The average Bonchev–Trinajstić information content (AvgIpc) is 2.53. The standard InChI is InChI=1S/C17H34O2Si2/c1-5-6-15-21(4)17(12-8-10-14-19-17)16(20(2)3)11-7-9-13-18-16/h5-6,20-21H,7-15H2,1-4H3. The van der Waals surface area contributed by atoms with Crippen LogP contribution < -0.4 is 0 Å². The molecule has 0 amide bonds. The lowest BCUT2D eigenvalue weighted by molar-refractivity contribution is -0.164. The number of hydrogen-bond acceptors (Lipinski definition) is 2. The second-order valence-corrected chi connectivity index (χ2v) is 13.7. The van der Waals surface area contributed by atoms with E-state index < -0.39 is 17.6 Å². The van der Waals surface area contributed by atoms with Crippen molar-refractivity contribution in [3.8, 4) is 0 Å². The van der Waals surface area contributed by atoms with Crippen LogP contribution in [0.25, 0.3) is 0 Å². The summed E-state index contributed by atoms with van der Waals surface area (Å²) < 4.78 is 13.3. The van der Waals surface area contributed by atoms with Gasteiger partial charge >= 0.3 is 0 Å². The van der Waals surface area contributed by atoms with E-state index in [4.69, 9.17) is 9.47 Å². The smallest absolute Gasteiger partial charge is 0.0803 e. The Morgan fingerprint density at radius 2 is 1.48 bits per heavy atom. The minimum atomic E-state index is -1.03. The van der Waals surface area contributed by atoms with Crippen LogP contribution in [0.5, 0.6) is 0 Å². The molecule has 0 aromatic heterocycles. The van der Waals surface area contributed by atoms with Crippen LogP contribution in [-0.2, 0) is 9.47 Å². The quantitative estimate of drug-likeness (QED) is 0.564. The lowest BCUT2D eigenvalue weighted by atomic mass is 9.96. The summed E-state index contributed by atoms with van der Waals surface area (Å²) >= 11 is 0. The first kappa shape index (κ1) is 17.4. The zero-order valence-electron chi connectivity index (χ0n) is 14.5. The highest BCUT2D eigenvalue weighted by atomic mass is 28.3. The molecule has 2 heterocycles. The van der Waals surface area contributed by atoms with Crippen LogP contribution in [-0.4, -0.2) is 41.3 Å². The predicted octanol–water partition coefficient (Wildman–Crippen LogP) is 3.86. The molecule has 122 valence electrons. The van der Waals surface area contributed by atoms with Gasteiger partial charge in [0, 0.05) is 13.2 Å². The molecule has 2 aliphatic rings. The first-order valence-electron chi connectivity index (χ1n) is 8.98. The van der Waals surface area contributed by atoms with Gasteiger partial charge in [-0.3, -0.25) is 0 Å². The van der Waals surface area contributed by atoms with E-state index in [1.54, 1.807) is 0 Å². The fourth-order valence-corrected chi connectivity index (χ4v) is 12.1. The largest absolute Gasteiger partial charge is 0.376 e. The van der Waals surface area contributed by atoms with Crippen molar-refractivity contribution >= 4 is 17.6 Å². The molecule has 0 spiro atoms. The van der Waals surface area contributed by atoms with Gasteiger partial charge in [0.25, 0.3) is 0 Å². The fourth-order valence-electron chi connectivity index (χ4n) is 4.58. The maximum Gasteiger partial charge on any atom is 0.0803 e. The summed E-state index contributed by atoms with van der Waals surface area (Å²) in [5.74, 6) is 0. The first-order valence-corrected chi connectivity index (χ1v) is 14.4. The topological polar surface area (TPSA) is 18.5 Å². The minimum Gasteiger partial charge on any atom is -0.376 e. The van der Waals surface area contributed by atoms with Gasteiger partial charge < -0.3 is 9.47 Å². The van der Waals surface area contributed by atoms with Crippen molar-refractivity contribution in [2.45, 2.75) is 81.6 Å². The van der Waals surface area contributed by atoms with E-state index in [1.165, 1.54) is 44.6 Å². The molecule has 0 saturated carbocycles. The molecule has 3 atom stereocenters. The van der Waals surface area contributed by atoms with Gasteiger partial charge in [0.2, 0.25) is 0 Å². The second kappa shape index (κ2) is 7.58. The van der Waals surface area contributed by atoms with Gasteiger partial charge in [-0.1, -0.05) is 31.8 Å². The van der Waals surface area contributed by atoms with Crippen LogP contribution in [0.4, 0.5) is 0 Å². The Kier molecular flexibility index (Phi) is 6.30. The second-order valence-electron chi connectivity index (χ2n) is 7.25. The van der Waals surface area contributed by atoms with Gasteiger partial charge in [0.15, 0.2) is 0 Å². The number of hydrogen-bond donors (Lipinski definition) is 0. The van der Waals surface area contributed by atoms with Crippen LogP contribution in [0.3, 0.4) is 0 Å². The molecule has 0 aromatic rings. The number of ether oxygens (including phenoxy) is 2. The molecule has 2 nitrogen and oxygen atoms in total. The third-order valence-corrected chi connectivity index (χ3v) is 12.4. The van der Waals surface area contributed by atoms with E-state index >= 15 is 0 Å². The summed E-state index contributed by atoms with van der Waals surface area (Å²) in [7, 11) is -1.99. The maximum absolute atomic E-state index is 6.67. The van der Waals surface area contributed by atoms with Crippen molar-refractivity contribution in [2.75, 3.05) is 13.2 Å². The Morgan fingerprint density at radius 1 is 0.905 bits per heavy atom. The van der Waals surface area contributed by atoms with Crippen LogP contribution in [0.1, 0.15) is 45.4 Å². The molecule has 2 aliphatic heterocycles. The van der Waals surface area contributed by atoms with Crippen molar-refractivity contribution in [1.29, 1.82) is 0 Å². The SMILES string of the molecule is CC=CC[SiH](C)C1(C2([SiH](C)C)CCCCO2)CCCCO1. The van der Waals surface area contributed by atoms with Gasteiger partial charge in [-0.2, -0.15) is 0 Å². The van der Waals surface area contributed by atoms with E-state index in [9.17, 15) is 0 Å². The van der Waals surface area contributed by atoms with Crippen LogP contribution in [0, 0.1) is 0 Å². The van der Waals surface area contributed by atoms with Crippen molar-refractivity contribution in [3.63, 3.8) is 0 Å². The van der Waals surface area contributed by atoms with E-state index in [0.717, 1.165) is 13.2 Å². The summed E-state index contributed by atoms with van der Waals surface area (Å²) in [5.41, 5.74) is 0. The highest BCUT2D eigenvalue weighted by molar-refractivity contribution is 6.68. The summed E-state index contributed by atoms with van der Waals surface area (Å²) in [4.78, 5) is 0. The molecular formula is C17H34O2Si2. The maximum atomic E-state index is 6.67. The normalized spacial score (nSPS) is 36.2. The van der Waals surface area contributed by atoms with E-state index in [0.29, 0.717) is 0 Å². The first-order chi connectivity index (χ1) is 10.1. The molecule has 0 aliphatic carbocycles. The van der Waals surface area contributed by atoms with E-state index in [2.05, 4.69) is 38.7 Å². The third kappa shape index (κ3) is 3.24. The van der Waals surface area contributed by atoms with Gasteiger partial charge in [-0.15, -0.1) is 0 Å². The molecule has 21 heavy (non-hydrogen) atoms. The molecule has 4 heteroatoms. The fraction of sp³-hybridized carbons (Fsp3) is 0.882. The highest BCUT2D eigenvalue weighted by Gasteiger charge is 2.58. The summed E-state index contributed by atoms with van der Waals surface area (Å²) in [6, 6.07) is 1.25. The molecule has 0 bridgehead atoms. The molecular weight excluding hydrogens is 292 g/mol. The zero-order chi connectivity index (χ0) is 15.3. The lowest BCUT2D eigenvalue weighted by Gasteiger charge is -2.58. The van der Waals surface area contributed by atoms with Crippen molar-refractivity contribution < 1.29 is 9.47 Å². The lowest BCUT2D eigenvalue weighted by Crippen LogP contribution is -2.71. The molecule has 3 unspecified atom stereocenters. The van der Waals surface area contributed by atoms with Crippen LogP contribution >= 0.6 is 0 Å². The molecule has 0 radical (unpaired) electrons. The Bertz CT molecular complexity index is 343. The van der Waals surface area contributed by atoms with Gasteiger partial charge in [-0.05, 0) is 51.5 Å². The molecule has 2 saturated heterocycles. The van der Waals surface area contributed by atoms with Gasteiger partial charge in [-0.25, -0.2) is 0 Å². The monoisotopic (exact) mass is 326 g/mol. The predicted molar refractivity (Wildman–Crippen MR) is 96.6 cm³/mol. The zero-order valence-corrected chi connectivity index (χ0v) is 16.8. The molecule has 0 aromatic carbocycles. The summed E-state index contributed by atoms with van der Waals surface area (Å²) in [6.07, 6.45) is 12.2. The molecule has 0 N–H and O–H groups in total. The Balaban J connectivity index is 2.35. The van der Waals surface area contributed by atoms with E-state index in [-0.39, 0.29) is 10.4 Å². The average molecular weight is 327 g/mol. The molecule has 2 fully saturated rings. The van der Waals surface area contributed by atoms with Crippen LogP contribution in [0.15, 0.2) is 12.2 Å². The van der Waals surface area contributed by atoms with E-state index in [1.807, 2.05) is 0 Å². The Morgan fingerprint density at radius 3 is 1.90 bits per heavy atom. The third-order valence-electron chi connectivity index (χ3n) is 5.77. The Hall–Kier alpha value is 0.0938. The van der Waals surface area contributed by atoms with Crippen molar-refractivity contribution in [3.05, 3.63) is 12.2 Å². The summed E-state index contributed by atoms with van der Waals surface area (Å²) in [5, 5.41) is 0.213. The van der Waals surface area contributed by atoms with Crippen molar-refractivity contribution in [1.82, 2.24) is 0 Å². The summed E-state index contributed by atoms with van der Waals surface area (Å²) in [6.45, 7) is 11.6. The van der Waals surface area contributed by atoms with Gasteiger partial charge in [0.05, 0.1) is 28.0 Å². The molecule has 2 rings (SSSR count). The number of rotatable bonds is 5.